The number of carbonyl (C=O) groups excluding carboxylic acids is 1. The van der Waals surface area contributed by atoms with Gasteiger partial charge in [0.05, 0.1) is 17.9 Å². The lowest BCUT2D eigenvalue weighted by Gasteiger charge is -2.34. The summed E-state index contributed by atoms with van der Waals surface area (Å²) in [5.41, 5.74) is 2.84. The van der Waals surface area contributed by atoms with Crippen LogP contribution in [-0.4, -0.2) is 32.6 Å². The van der Waals surface area contributed by atoms with Crippen LogP contribution in [0.15, 0.2) is 54.7 Å². The first-order valence-electron chi connectivity index (χ1n) is 13.3. The number of ether oxygens (including phenoxy) is 1. The standard InChI is InChI=1S/C31H35N3O2.3H2S/c1-19-9-10-20-15-25-16-22(12-11-21(25)14-24(20)13-19)26-18-32-29(33-26)28-17-23-7-5-6-8-27(23)34(28)30(35)36-31(2,3)4;;;/h9-16,18,23,27-28H,5-8,17H2,1-4H3,(H,32,33);3*1H2/t23-,27-,28-;;;/m0.../s1. The Morgan fingerprint density at radius 2 is 1.59 bits per heavy atom. The van der Waals surface area contributed by atoms with Crippen molar-refractivity contribution in [3.05, 3.63) is 66.1 Å². The Morgan fingerprint density at radius 1 is 0.923 bits per heavy atom. The minimum atomic E-state index is -0.517. The number of imidazole rings is 1. The van der Waals surface area contributed by atoms with E-state index in [0.29, 0.717) is 5.92 Å². The van der Waals surface area contributed by atoms with Crippen LogP contribution in [0.25, 0.3) is 32.8 Å². The van der Waals surface area contributed by atoms with Crippen LogP contribution in [0.2, 0.25) is 0 Å². The molecule has 0 bridgehead atoms. The third kappa shape index (κ3) is 6.23. The highest BCUT2D eigenvalue weighted by atomic mass is 32.1. The third-order valence-corrected chi connectivity index (χ3v) is 7.87. The van der Waals surface area contributed by atoms with Gasteiger partial charge >= 0.3 is 6.09 Å². The monoisotopic (exact) mass is 583 g/mol. The molecule has 39 heavy (non-hydrogen) atoms. The molecule has 3 aromatic carbocycles. The van der Waals surface area contributed by atoms with Crippen LogP contribution in [0, 0.1) is 12.8 Å². The summed E-state index contributed by atoms with van der Waals surface area (Å²) in [6.45, 7) is 7.93. The molecule has 1 aliphatic heterocycles. The lowest BCUT2D eigenvalue weighted by Crippen LogP contribution is -2.43. The van der Waals surface area contributed by atoms with E-state index in [0.717, 1.165) is 29.9 Å². The second-order valence-corrected chi connectivity index (χ2v) is 11.7. The van der Waals surface area contributed by atoms with Crippen molar-refractivity contribution in [1.29, 1.82) is 0 Å². The normalized spacial score (nSPS) is 20.5. The van der Waals surface area contributed by atoms with E-state index in [2.05, 4.69) is 60.4 Å². The molecule has 2 heterocycles. The van der Waals surface area contributed by atoms with Gasteiger partial charge < -0.3 is 9.72 Å². The van der Waals surface area contributed by atoms with Gasteiger partial charge in [0.25, 0.3) is 0 Å². The minimum Gasteiger partial charge on any atom is -0.444 e. The molecule has 4 aromatic rings. The van der Waals surface area contributed by atoms with Crippen LogP contribution in [0.3, 0.4) is 0 Å². The zero-order valence-corrected chi connectivity index (χ0v) is 26.2. The number of aromatic amines is 1. The average Bonchev–Trinajstić information content (AvgIpc) is 3.46. The molecule has 6 rings (SSSR count). The molecule has 0 spiro atoms. The van der Waals surface area contributed by atoms with E-state index >= 15 is 0 Å². The highest BCUT2D eigenvalue weighted by Gasteiger charge is 2.47. The fourth-order valence-electron chi connectivity index (χ4n) is 6.22. The zero-order valence-electron chi connectivity index (χ0n) is 23.2. The van der Waals surface area contributed by atoms with E-state index in [4.69, 9.17) is 9.72 Å². The van der Waals surface area contributed by atoms with Gasteiger partial charge in [0.2, 0.25) is 0 Å². The fraction of sp³-hybridized carbons (Fsp3) is 0.419. The molecule has 0 radical (unpaired) electrons. The van der Waals surface area contributed by atoms with Gasteiger partial charge in [0.15, 0.2) is 0 Å². The van der Waals surface area contributed by atoms with E-state index in [-0.39, 0.29) is 58.7 Å². The maximum Gasteiger partial charge on any atom is 0.411 e. The quantitative estimate of drug-likeness (QED) is 0.242. The summed E-state index contributed by atoms with van der Waals surface area (Å²) in [5, 5.41) is 4.95. The second-order valence-electron chi connectivity index (χ2n) is 11.7. The van der Waals surface area contributed by atoms with E-state index in [1.807, 2.05) is 31.9 Å². The number of carbonyl (C=O) groups is 1. The predicted octanol–water partition coefficient (Wildman–Crippen LogP) is 8.27. The van der Waals surface area contributed by atoms with Crippen molar-refractivity contribution in [2.75, 3.05) is 0 Å². The highest BCUT2D eigenvalue weighted by Crippen LogP contribution is 2.46. The summed E-state index contributed by atoms with van der Waals surface area (Å²) in [7, 11) is 0. The summed E-state index contributed by atoms with van der Waals surface area (Å²) in [6.07, 6.45) is 7.27. The molecule has 3 atom stereocenters. The average molecular weight is 584 g/mol. The Bertz CT molecular complexity index is 1460. The molecule has 1 saturated heterocycles. The van der Waals surface area contributed by atoms with Crippen LogP contribution in [0.4, 0.5) is 4.79 Å². The Labute approximate surface area is 252 Å². The first kappa shape index (κ1) is 31.2. The summed E-state index contributed by atoms with van der Waals surface area (Å²) >= 11 is 0. The molecular formula is C31H41N3O2S3. The van der Waals surface area contributed by atoms with Crippen LogP contribution < -0.4 is 0 Å². The van der Waals surface area contributed by atoms with Gasteiger partial charge in [-0.3, -0.25) is 4.90 Å². The summed E-state index contributed by atoms with van der Waals surface area (Å²) in [4.78, 5) is 23.7. The molecule has 2 aliphatic rings. The fourth-order valence-corrected chi connectivity index (χ4v) is 6.22. The van der Waals surface area contributed by atoms with Gasteiger partial charge in [0.1, 0.15) is 11.4 Å². The molecule has 1 saturated carbocycles. The molecule has 1 N–H and O–H groups in total. The van der Waals surface area contributed by atoms with Crippen LogP contribution in [0.1, 0.15) is 70.3 Å². The van der Waals surface area contributed by atoms with Crippen molar-refractivity contribution in [3.63, 3.8) is 0 Å². The van der Waals surface area contributed by atoms with Gasteiger partial charge in [-0.1, -0.05) is 48.7 Å². The number of nitrogens with one attached hydrogen (secondary N) is 1. The first-order valence-corrected chi connectivity index (χ1v) is 13.3. The number of nitrogens with zero attached hydrogens (tertiary/aromatic N) is 2. The van der Waals surface area contributed by atoms with Crippen molar-refractivity contribution >= 4 is 68.1 Å². The van der Waals surface area contributed by atoms with E-state index < -0.39 is 5.60 Å². The van der Waals surface area contributed by atoms with Gasteiger partial charge in [-0.25, -0.2) is 9.78 Å². The van der Waals surface area contributed by atoms with Crippen molar-refractivity contribution < 1.29 is 9.53 Å². The van der Waals surface area contributed by atoms with Gasteiger partial charge in [-0.05, 0) is 92.6 Å². The van der Waals surface area contributed by atoms with Gasteiger partial charge in [-0.15, -0.1) is 0 Å². The second kappa shape index (κ2) is 12.1. The number of aromatic nitrogens is 2. The van der Waals surface area contributed by atoms with Crippen molar-refractivity contribution in [2.24, 2.45) is 5.92 Å². The maximum absolute atomic E-state index is 13.3. The lowest BCUT2D eigenvalue weighted by atomic mass is 9.85. The third-order valence-electron chi connectivity index (χ3n) is 7.87. The number of hydrogen-bond donors (Lipinski definition) is 1. The summed E-state index contributed by atoms with van der Waals surface area (Å²) in [5.74, 6) is 1.38. The Hall–Kier alpha value is -2.29. The molecule has 2 fully saturated rings. The van der Waals surface area contributed by atoms with Crippen LogP contribution in [0.5, 0.6) is 0 Å². The largest absolute Gasteiger partial charge is 0.444 e. The maximum atomic E-state index is 13.3. The summed E-state index contributed by atoms with van der Waals surface area (Å²) in [6, 6.07) is 17.8. The van der Waals surface area contributed by atoms with Crippen molar-refractivity contribution in [2.45, 2.75) is 77.5 Å². The van der Waals surface area contributed by atoms with E-state index in [1.54, 1.807) is 0 Å². The molecular weight excluding hydrogens is 543 g/mol. The van der Waals surface area contributed by atoms with Crippen LogP contribution in [-0.2, 0) is 4.74 Å². The number of amides is 1. The highest BCUT2D eigenvalue weighted by molar-refractivity contribution is 7.59. The number of H-pyrrole nitrogens is 1. The molecule has 8 heteroatoms. The Morgan fingerprint density at radius 3 is 2.31 bits per heavy atom. The number of hydrogen-bond acceptors (Lipinski definition) is 3. The predicted molar refractivity (Wildman–Crippen MR) is 176 cm³/mol. The Kier molecular flexibility index (Phi) is 9.67. The molecule has 5 nitrogen and oxygen atoms in total. The first-order chi connectivity index (χ1) is 17.2. The number of aryl methyl sites for hydroxylation is 1. The lowest BCUT2D eigenvalue weighted by molar-refractivity contribution is 0.00951. The van der Waals surface area contributed by atoms with E-state index in [9.17, 15) is 4.79 Å². The van der Waals surface area contributed by atoms with Gasteiger partial charge in [-0.2, -0.15) is 40.5 Å². The topological polar surface area (TPSA) is 58.2 Å². The number of benzene rings is 3. The SMILES string of the molecule is Cc1ccc2cc3cc(-c4cnc([C@@H]5C[C@@H]6CCCC[C@@H]6N5C(=O)OC(C)(C)C)[nH]4)ccc3cc2c1.S.S.S. The number of fused-ring (bicyclic) bond motifs is 3. The Balaban J connectivity index is 0.00000140. The molecule has 1 aliphatic carbocycles. The van der Waals surface area contributed by atoms with Gasteiger partial charge in [0, 0.05) is 11.6 Å². The smallest absolute Gasteiger partial charge is 0.411 e. The molecule has 210 valence electrons. The molecule has 1 amide bonds. The van der Waals surface area contributed by atoms with Crippen LogP contribution >= 0.6 is 40.5 Å². The molecule has 1 aromatic heterocycles. The number of rotatable bonds is 2. The molecule has 0 unspecified atom stereocenters. The summed E-state index contributed by atoms with van der Waals surface area (Å²) < 4.78 is 5.85. The minimum absolute atomic E-state index is 0. The van der Waals surface area contributed by atoms with Crippen molar-refractivity contribution in [1.82, 2.24) is 14.9 Å². The van der Waals surface area contributed by atoms with Crippen molar-refractivity contribution in [3.8, 4) is 11.3 Å². The zero-order chi connectivity index (χ0) is 25.0. The van der Waals surface area contributed by atoms with E-state index in [1.165, 1.54) is 46.4 Å². The number of likely N-dealkylation sites (tertiary alicyclic amines) is 1.